The molecule has 5 aromatic heterocycles. The van der Waals surface area contributed by atoms with Crippen molar-refractivity contribution in [2.75, 3.05) is 0 Å². The Labute approximate surface area is 416 Å². The summed E-state index contributed by atoms with van der Waals surface area (Å²) in [7, 11) is 0. The molecule has 0 saturated carbocycles. The molecule has 0 fully saturated rings. The van der Waals surface area contributed by atoms with Crippen LogP contribution in [0.2, 0.25) is 0 Å². The molecule has 340 valence electrons. The second kappa shape index (κ2) is 16.0. The first-order valence-electron chi connectivity index (χ1n) is 24.4. The van der Waals surface area contributed by atoms with Gasteiger partial charge in [0, 0.05) is 55.4 Å². The summed E-state index contributed by atoms with van der Waals surface area (Å²) in [5.41, 5.74) is 13.2. The minimum Gasteiger partial charge on any atom is -0.455 e. The van der Waals surface area contributed by atoms with Crippen molar-refractivity contribution in [3.05, 3.63) is 235 Å². The van der Waals surface area contributed by atoms with Gasteiger partial charge in [-0.1, -0.05) is 164 Å². The molecule has 5 heterocycles. The van der Waals surface area contributed by atoms with Crippen molar-refractivity contribution in [2.45, 2.75) is 6.42 Å². The lowest BCUT2D eigenvalue weighted by atomic mass is 9.92. The van der Waals surface area contributed by atoms with Crippen LogP contribution in [0.4, 0.5) is 0 Å². The van der Waals surface area contributed by atoms with Crippen LogP contribution in [-0.4, -0.2) is 24.1 Å². The fourth-order valence-electron chi connectivity index (χ4n) is 11.3. The Hall–Kier alpha value is -10.1. The quantitative estimate of drug-likeness (QED) is 0.158. The second-order valence-electron chi connectivity index (χ2n) is 18.5. The van der Waals surface area contributed by atoms with Crippen molar-refractivity contribution in [1.82, 2.24) is 24.1 Å². The van der Waals surface area contributed by atoms with E-state index in [4.69, 9.17) is 23.8 Å². The summed E-state index contributed by atoms with van der Waals surface area (Å²) in [5, 5.41) is 20.1. The van der Waals surface area contributed by atoms with Crippen LogP contribution in [0.1, 0.15) is 17.0 Å². The summed E-state index contributed by atoms with van der Waals surface area (Å²) in [6.07, 6.45) is 0.477. The highest BCUT2D eigenvalue weighted by atomic mass is 16.3. The number of rotatable bonds is 7. The van der Waals surface area contributed by atoms with Crippen LogP contribution in [0.15, 0.2) is 227 Å². The fourth-order valence-corrected chi connectivity index (χ4v) is 11.3. The zero-order chi connectivity index (χ0) is 48.1. The van der Waals surface area contributed by atoms with Crippen molar-refractivity contribution in [1.29, 1.82) is 5.26 Å². The summed E-state index contributed by atoms with van der Waals surface area (Å²) in [6.45, 7) is 0. The highest BCUT2D eigenvalue weighted by molar-refractivity contribution is 6.26. The van der Waals surface area contributed by atoms with Crippen molar-refractivity contribution in [3.8, 4) is 51.3 Å². The summed E-state index contributed by atoms with van der Waals surface area (Å²) in [6, 6.07) is 77.5. The van der Waals surface area contributed by atoms with E-state index < -0.39 is 0 Å². The fraction of sp³-hybridized carbons (Fsp3) is 0.0154. The Morgan fingerprint density at radius 3 is 1.47 bits per heavy atom. The van der Waals surface area contributed by atoms with Gasteiger partial charge in [0.05, 0.1) is 49.8 Å². The van der Waals surface area contributed by atoms with Crippen LogP contribution in [0.5, 0.6) is 0 Å². The first-order chi connectivity index (χ1) is 36.2. The number of hydrogen-bond donors (Lipinski definition) is 0. The van der Waals surface area contributed by atoms with Crippen molar-refractivity contribution in [3.63, 3.8) is 0 Å². The van der Waals surface area contributed by atoms with Crippen LogP contribution in [0.25, 0.3) is 133 Å². The minimum absolute atomic E-state index is 0.430. The maximum absolute atomic E-state index is 12.0. The van der Waals surface area contributed by atoms with Crippen LogP contribution >= 0.6 is 0 Å². The average Bonchev–Trinajstić information content (AvgIpc) is 4.21. The van der Waals surface area contributed by atoms with Gasteiger partial charge in [-0.15, -0.1) is 0 Å². The van der Waals surface area contributed by atoms with Crippen molar-refractivity contribution < 1.29 is 8.83 Å². The molecule has 0 amide bonds. The van der Waals surface area contributed by atoms with Gasteiger partial charge in [0.2, 0.25) is 0 Å². The van der Waals surface area contributed by atoms with E-state index in [2.05, 4.69) is 143 Å². The zero-order valence-electron chi connectivity index (χ0n) is 39.0. The van der Waals surface area contributed by atoms with E-state index in [9.17, 15) is 5.26 Å². The van der Waals surface area contributed by atoms with E-state index in [-0.39, 0.29) is 0 Å². The van der Waals surface area contributed by atoms with Crippen LogP contribution < -0.4 is 0 Å². The van der Waals surface area contributed by atoms with Crippen molar-refractivity contribution in [2.24, 2.45) is 0 Å². The van der Waals surface area contributed by atoms with Gasteiger partial charge in [-0.05, 0) is 65.7 Å². The Morgan fingerprint density at radius 2 is 0.890 bits per heavy atom. The third-order valence-electron chi connectivity index (χ3n) is 14.4. The molecule has 0 aliphatic heterocycles. The van der Waals surface area contributed by atoms with E-state index >= 15 is 0 Å². The molecule has 8 heteroatoms. The topological polar surface area (TPSA) is 98.6 Å². The maximum atomic E-state index is 12.0. The number of para-hydroxylation sites is 4. The molecular formula is C65H38N6O2. The van der Waals surface area contributed by atoms with Gasteiger partial charge in [0.25, 0.3) is 0 Å². The molecule has 73 heavy (non-hydrogen) atoms. The summed E-state index contributed by atoms with van der Waals surface area (Å²) >= 11 is 0. The monoisotopic (exact) mass is 934 g/mol. The predicted molar refractivity (Wildman–Crippen MR) is 293 cm³/mol. The molecule has 15 aromatic rings. The van der Waals surface area contributed by atoms with Crippen molar-refractivity contribution >= 4 is 87.5 Å². The highest BCUT2D eigenvalue weighted by Gasteiger charge is 2.31. The van der Waals surface area contributed by atoms with Gasteiger partial charge in [0.15, 0.2) is 11.6 Å². The predicted octanol–water partition coefficient (Wildman–Crippen LogP) is 16.3. The van der Waals surface area contributed by atoms with E-state index in [1.165, 1.54) is 0 Å². The van der Waals surface area contributed by atoms with Crippen LogP contribution in [0.3, 0.4) is 0 Å². The Kier molecular flexibility index (Phi) is 8.92. The first-order valence-corrected chi connectivity index (χ1v) is 24.4. The Balaban J connectivity index is 1.15. The first kappa shape index (κ1) is 40.8. The molecule has 0 N–H and O–H groups in total. The minimum atomic E-state index is 0.430. The van der Waals surface area contributed by atoms with Gasteiger partial charge in [0.1, 0.15) is 34.2 Å². The van der Waals surface area contributed by atoms with Gasteiger partial charge in [-0.2, -0.15) is 5.26 Å². The molecule has 0 aliphatic rings. The van der Waals surface area contributed by atoms with Gasteiger partial charge in [-0.25, -0.2) is 15.0 Å². The smallest absolute Gasteiger partial charge is 0.164 e. The molecule has 0 unspecified atom stereocenters. The van der Waals surface area contributed by atoms with Crippen LogP contribution in [0, 0.1) is 11.3 Å². The summed E-state index contributed by atoms with van der Waals surface area (Å²) < 4.78 is 18.3. The zero-order valence-corrected chi connectivity index (χ0v) is 39.0. The number of aromatic nitrogens is 5. The highest BCUT2D eigenvalue weighted by Crippen LogP contribution is 2.49. The lowest BCUT2D eigenvalue weighted by molar-refractivity contribution is 0.672. The van der Waals surface area contributed by atoms with Gasteiger partial charge >= 0.3 is 0 Å². The molecule has 0 spiro atoms. The second-order valence-corrected chi connectivity index (χ2v) is 18.5. The third-order valence-corrected chi connectivity index (χ3v) is 14.4. The average molecular weight is 935 g/mol. The molecule has 0 bridgehead atoms. The van der Waals surface area contributed by atoms with Gasteiger partial charge < -0.3 is 18.0 Å². The molecule has 0 atom stereocenters. The molecule has 0 radical (unpaired) electrons. The molecule has 0 aliphatic carbocycles. The molecule has 8 nitrogen and oxygen atoms in total. The summed E-state index contributed by atoms with van der Waals surface area (Å²) in [5.74, 6) is 1.61. The molecular weight excluding hydrogens is 897 g/mol. The summed E-state index contributed by atoms with van der Waals surface area (Å²) in [4.78, 5) is 15.9. The number of nitrogens with zero attached hydrogens (tertiary/aromatic N) is 6. The number of fused-ring (bicyclic) bond motifs is 14. The van der Waals surface area contributed by atoms with Gasteiger partial charge in [-0.3, -0.25) is 0 Å². The standard InChI is InChI=1S/C65H38N6O2/c66-38-42-37-49(65-68-56(36-39-18-4-1-5-19-39)67-64(69-65)41-22-8-3-9-23-41)57(40-20-6-2-7-21-40)61(71-51-29-15-11-27-48(51)59-53(71)35-33-46-44-25-13-17-31-55(44)73-63(46)59)60(42)70-50-28-14-10-26-47(50)58-52(70)34-32-45-43-24-12-16-30-54(43)72-62(45)58/h1-35,37H,36H2. The lowest BCUT2D eigenvalue weighted by Gasteiger charge is -2.24. The maximum Gasteiger partial charge on any atom is 0.164 e. The SMILES string of the molecule is N#Cc1cc(-c2nc(Cc3ccccc3)nc(-c3ccccc3)n2)c(-c2ccccc2)c(-n2c3ccccc3c3c4oc5ccccc5c4ccc32)c1-n1c2ccccc2c2c3oc4ccccc4c3ccc21. The van der Waals surface area contributed by atoms with E-state index in [0.717, 1.165) is 115 Å². The number of hydrogen-bond acceptors (Lipinski definition) is 6. The number of benzene rings is 10. The van der Waals surface area contributed by atoms with E-state index in [1.54, 1.807) is 0 Å². The molecule has 0 saturated heterocycles. The Bertz CT molecular complexity index is 4770. The van der Waals surface area contributed by atoms with Crippen LogP contribution in [-0.2, 0) is 6.42 Å². The van der Waals surface area contributed by atoms with E-state index in [0.29, 0.717) is 40.7 Å². The van der Waals surface area contributed by atoms with E-state index in [1.807, 2.05) is 91.0 Å². The lowest BCUT2D eigenvalue weighted by Crippen LogP contribution is -2.11. The Morgan fingerprint density at radius 1 is 0.411 bits per heavy atom. The number of nitriles is 1. The largest absolute Gasteiger partial charge is 0.455 e. The number of furan rings is 2. The normalized spacial score (nSPS) is 11.9. The molecule has 15 rings (SSSR count). The third kappa shape index (κ3) is 6.16. The molecule has 10 aromatic carbocycles.